The van der Waals surface area contributed by atoms with Crippen LogP contribution in [0.15, 0.2) is 54.6 Å². The van der Waals surface area contributed by atoms with Gasteiger partial charge < -0.3 is 9.84 Å². The average molecular weight is 212 g/mol. The maximum atomic E-state index is 12.0. The molecule has 1 radical (unpaired) electrons. The number of rotatable bonds is 3. The summed E-state index contributed by atoms with van der Waals surface area (Å²) < 4.78 is 5.04. The van der Waals surface area contributed by atoms with Gasteiger partial charge in [0, 0.05) is 0 Å². The van der Waals surface area contributed by atoms with Gasteiger partial charge in [0.15, 0.2) is 0 Å². The van der Waals surface area contributed by atoms with E-state index in [-0.39, 0.29) is 6.10 Å². The predicted octanol–water partition coefficient (Wildman–Crippen LogP) is 1.98. The van der Waals surface area contributed by atoms with Crippen LogP contribution >= 0.6 is 0 Å². The lowest BCUT2D eigenvalue weighted by Gasteiger charge is -2.22. The maximum absolute atomic E-state index is 12.0. The third-order valence-corrected chi connectivity index (χ3v) is 2.39. The minimum atomic E-state index is 0.0308. The van der Waals surface area contributed by atoms with Gasteiger partial charge in [-0.05, 0) is 12.1 Å². The fourth-order valence-corrected chi connectivity index (χ4v) is 1.50. The number of hydrogen-bond acceptors (Lipinski definition) is 2. The summed E-state index contributed by atoms with van der Waals surface area (Å²) in [5, 5.41) is 12.0. The molecule has 81 valence electrons. The Hall–Kier alpha value is -1.80. The summed E-state index contributed by atoms with van der Waals surface area (Å²) in [5.41, 5.74) is 1.37. The predicted molar refractivity (Wildman–Crippen MR) is 60.9 cm³/mol. The molecule has 0 aliphatic carbocycles. The molecular formula is C14H12O2-. The lowest BCUT2D eigenvalue weighted by Crippen LogP contribution is -2.17. The van der Waals surface area contributed by atoms with E-state index >= 15 is 0 Å². The van der Waals surface area contributed by atoms with Gasteiger partial charge in [-0.2, -0.15) is 0 Å². The Kier molecular flexibility index (Phi) is 3.22. The fourth-order valence-electron chi connectivity index (χ4n) is 1.50. The van der Waals surface area contributed by atoms with Crippen LogP contribution in [0.5, 0.6) is 5.75 Å². The van der Waals surface area contributed by atoms with Crippen molar-refractivity contribution in [1.82, 2.24) is 0 Å². The molecule has 0 unspecified atom stereocenters. The van der Waals surface area contributed by atoms with E-state index in [0.29, 0.717) is 11.1 Å². The van der Waals surface area contributed by atoms with Crippen molar-refractivity contribution in [3.05, 3.63) is 71.8 Å². The van der Waals surface area contributed by atoms with E-state index in [4.69, 9.17) is 4.74 Å². The molecule has 0 aromatic heterocycles. The summed E-state index contributed by atoms with van der Waals surface area (Å²) in [6, 6.07) is 16.4. The first-order valence-corrected chi connectivity index (χ1v) is 5.05. The molecular weight excluding hydrogens is 200 g/mol. The summed E-state index contributed by atoms with van der Waals surface area (Å²) in [6.45, 7) is 0. The minimum absolute atomic E-state index is 0.0308. The topological polar surface area (TPSA) is 32.3 Å². The highest BCUT2D eigenvalue weighted by Gasteiger charge is 2.01. The van der Waals surface area contributed by atoms with E-state index in [1.807, 2.05) is 30.3 Å². The Morgan fingerprint density at radius 1 is 0.875 bits per heavy atom. The fraction of sp³-hybridized carbons (Fsp3) is 0.0714. The van der Waals surface area contributed by atoms with E-state index in [1.165, 1.54) is 0 Å². The first-order chi connectivity index (χ1) is 7.81. The maximum Gasteiger partial charge on any atom is 0.118 e. The van der Waals surface area contributed by atoms with Crippen molar-refractivity contribution < 1.29 is 9.84 Å². The number of methoxy groups -OCH3 is 1. The van der Waals surface area contributed by atoms with E-state index < -0.39 is 0 Å². The summed E-state index contributed by atoms with van der Waals surface area (Å²) in [5.74, 6) is 0.754. The van der Waals surface area contributed by atoms with Crippen LogP contribution < -0.4 is 9.84 Å². The summed E-state index contributed by atoms with van der Waals surface area (Å²) in [7, 11) is 1.61. The molecule has 2 heteroatoms. The van der Waals surface area contributed by atoms with Crippen LogP contribution in [0, 0.1) is 6.10 Å². The lowest BCUT2D eigenvalue weighted by atomic mass is 10.0. The smallest absolute Gasteiger partial charge is 0.118 e. The molecule has 2 aromatic rings. The van der Waals surface area contributed by atoms with Gasteiger partial charge in [-0.3, -0.25) is 0 Å². The molecule has 0 saturated heterocycles. The molecule has 0 aliphatic heterocycles. The highest BCUT2D eigenvalue weighted by molar-refractivity contribution is 5.42. The molecule has 0 atom stereocenters. The van der Waals surface area contributed by atoms with Gasteiger partial charge in [-0.25, -0.2) is 0 Å². The molecule has 0 fully saturated rings. The zero-order valence-electron chi connectivity index (χ0n) is 9.01. The molecule has 2 rings (SSSR count). The molecule has 0 bridgehead atoms. The third-order valence-electron chi connectivity index (χ3n) is 2.39. The normalized spacial score (nSPS) is 10.4. The van der Waals surface area contributed by atoms with E-state index in [2.05, 4.69) is 0 Å². The molecule has 0 saturated carbocycles. The monoisotopic (exact) mass is 212 g/mol. The van der Waals surface area contributed by atoms with E-state index in [9.17, 15) is 5.11 Å². The van der Waals surface area contributed by atoms with Crippen LogP contribution in [0.4, 0.5) is 0 Å². The summed E-state index contributed by atoms with van der Waals surface area (Å²) in [4.78, 5) is 0. The highest BCUT2D eigenvalue weighted by Crippen LogP contribution is 2.20. The first kappa shape index (κ1) is 10.7. The first-order valence-electron chi connectivity index (χ1n) is 5.05. The van der Waals surface area contributed by atoms with Gasteiger partial charge in [0.2, 0.25) is 0 Å². The van der Waals surface area contributed by atoms with E-state index in [0.717, 1.165) is 5.75 Å². The van der Waals surface area contributed by atoms with Gasteiger partial charge in [-0.15, -0.1) is 0 Å². The highest BCUT2D eigenvalue weighted by atomic mass is 16.5. The minimum Gasteiger partial charge on any atom is -0.843 e. The van der Waals surface area contributed by atoms with Gasteiger partial charge >= 0.3 is 0 Å². The van der Waals surface area contributed by atoms with Crippen LogP contribution in [0.1, 0.15) is 11.1 Å². The molecule has 2 nitrogen and oxygen atoms in total. The van der Waals surface area contributed by atoms with Crippen LogP contribution in [-0.4, -0.2) is 7.11 Å². The molecule has 0 N–H and O–H groups in total. The largest absolute Gasteiger partial charge is 0.843 e. The van der Waals surface area contributed by atoms with Crippen molar-refractivity contribution in [2.24, 2.45) is 0 Å². The second kappa shape index (κ2) is 4.81. The zero-order valence-corrected chi connectivity index (χ0v) is 9.01. The van der Waals surface area contributed by atoms with Crippen molar-refractivity contribution in [3.63, 3.8) is 0 Å². The third kappa shape index (κ3) is 2.23. The molecule has 2 aromatic carbocycles. The van der Waals surface area contributed by atoms with Crippen molar-refractivity contribution in [2.75, 3.05) is 7.11 Å². The molecule has 0 spiro atoms. The molecule has 0 amide bonds. The SMILES string of the molecule is COc1ccc([C]([O-])c2ccccc2)cc1. The van der Waals surface area contributed by atoms with Crippen molar-refractivity contribution in [1.29, 1.82) is 0 Å². The lowest BCUT2D eigenvalue weighted by molar-refractivity contribution is -0.333. The Balaban J connectivity index is 2.24. The van der Waals surface area contributed by atoms with Crippen LogP contribution in [-0.2, 0) is 0 Å². The van der Waals surface area contributed by atoms with Crippen LogP contribution in [0.3, 0.4) is 0 Å². The standard InChI is InChI=1S/C14H12O2/c1-16-13-9-7-12(8-10-13)14(15)11-5-3-2-4-6-11/h2-10H,1H3/q-1. The van der Waals surface area contributed by atoms with E-state index in [1.54, 1.807) is 31.4 Å². The average Bonchev–Trinajstić information content (AvgIpc) is 2.39. The number of benzene rings is 2. The Morgan fingerprint density at radius 3 is 2.00 bits per heavy atom. The van der Waals surface area contributed by atoms with Gasteiger partial charge in [0.1, 0.15) is 5.75 Å². The van der Waals surface area contributed by atoms with Gasteiger partial charge in [0.05, 0.1) is 7.11 Å². The zero-order chi connectivity index (χ0) is 11.4. The Bertz CT molecular complexity index is 434. The number of hydrogen-bond donors (Lipinski definition) is 0. The second-order valence-corrected chi connectivity index (χ2v) is 3.42. The second-order valence-electron chi connectivity index (χ2n) is 3.42. The molecule has 0 heterocycles. The van der Waals surface area contributed by atoms with Crippen molar-refractivity contribution in [3.8, 4) is 5.75 Å². The van der Waals surface area contributed by atoms with Crippen molar-refractivity contribution in [2.45, 2.75) is 0 Å². The van der Waals surface area contributed by atoms with Gasteiger partial charge in [-0.1, -0.05) is 59.7 Å². The van der Waals surface area contributed by atoms with Crippen LogP contribution in [0.2, 0.25) is 0 Å². The quantitative estimate of drug-likeness (QED) is 0.779. The Morgan fingerprint density at radius 2 is 1.44 bits per heavy atom. The summed E-state index contributed by atoms with van der Waals surface area (Å²) in [6.07, 6.45) is 0.0308. The van der Waals surface area contributed by atoms with Crippen molar-refractivity contribution >= 4 is 0 Å². The summed E-state index contributed by atoms with van der Waals surface area (Å²) >= 11 is 0. The number of ether oxygens (including phenoxy) is 1. The Labute approximate surface area is 95.1 Å². The van der Waals surface area contributed by atoms with Crippen LogP contribution in [0.25, 0.3) is 0 Å². The van der Waals surface area contributed by atoms with Gasteiger partial charge in [0.25, 0.3) is 0 Å². The molecule has 16 heavy (non-hydrogen) atoms. The molecule has 0 aliphatic rings.